The minimum absolute atomic E-state index is 0. The van der Waals surface area contributed by atoms with Crippen molar-refractivity contribution in [2.45, 2.75) is 92.9 Å². The Bertz CT molecular complexity index is 2500. The summed E-state index contributed by atoms with van der Waals surface area (Å²) < 4.78 is 2.20. The van der Waals surface area contributed by atoms with E-state index in [0.29, 0.717) is 0 Å². The van der Waals surface area contributed by atoms with E-state index in [1.165, 1.54) is 50.7 Å². The number of rotatable bonds is 8. The maximum Gasteiger partial charge on any atom is 0.120 e. The molecule has 2 aliphatic rings. The van der Waals surface area contributed by atoms with Crippen LogP contribution in [0, 0.1) is 59.2 Å². The van der Waals surface area contributed by atoms with Gasteiger partial charge in [0.15, 0.2) is 0 Å². The van der Waals surface area contributed by atoms with Gasteiger partial charge in [0.2, 0.25) is 0 Å². The van der Waals surface area contributed by atoms with Crippen molar-refractivity contribution in [1.82, 2.24) is 14.4 Å². The van der Waals surface area contributed by atoms with E-state index in [1.807, 2.05) is 36.7 Å². The zero-order valence-corrected chi connectivity index (χ0v) is 40.2. The summed E-state index contributed by atoms with van der Waals surface area (Å²) in [7, 11) is 0. The SMILES string of the molecule is CC(C)(C)c1nc2c(-c3[c-]cccc3)nccn2c1C(C)(C)C.Cc1[c-]c(N2[CH-]N(CCCCN3[CH-]N(c4[c-]c(C)cc(C)c4)c4ccccc43)c3ccccc32)cc(C)c1.[Ir]. The molecule has 1 radical (unpaired) electrons. The first-order valence-corrected chi connectivity index (χ1v) is 21.5. The molecule has 2 aromatic heterocycles. The molecule has 0 bridgehead atoms. The molecule has 0 N–H and O–H groups in total. The molecule has 7 nitrogen and oxygen atoms in total. The second-order valence-electron chi connectivity index (χ2n) is 18.5. The number of nitrogens with zero attached hydrogens (tertiary/aromatic N) is 7. The van der Waals surface area contributed by atoms with Crippen LogP contribution in [0.5, 0.6) is 0 Å². The van der Waals surface area contributed by atoms with Gasteiger partial charge in [0, 0.05) is 71.8 Å². The predicted octanol–water partition coefficient (Wildman–Crippen LogP) is 12.9. The van der Waals surface area contributed by atoms with Crippen molar-refractivity contribution >= 4 is 39.8 Å². The molecule has 7 aromatic rings. The predicted molar refractivity (Wildman–Crippen MR) is 254 cm³/mol. The van der Waals surface area contributed by atoms with Crippen LogP contribution >= 0.6 is 0 Å². The summed E-state index contributed by atoms with van der Waals surface area (Å²) in [4.78, 5) is 18.9. The molecule has 0 saturated carbocycles. The summed E-state index contributed by atoms with van der Waals surface area (Å²) in [5.74, 6) is 0. The third kappa shape index (κ3) is 9.33. The van der Waals surface area contributed by atoms with Gasteiger partial charge in [-0.1, -0.05) is 93.5 Å². The molecule has 4 heterocycles. The number of hydrogen-bond donors (Lipinski definition) is 0. The number of benzene rings is 5. The molecule has 2 aliphatic heterocycles. The molecule has 0 unspecified atom stereocenters. The first-order valence-electron chi connectivity index (χ1n) is 21.5. The number of imidazole rings is 1. The van der Waals surface area contributed by atoms with E-state index in [0.717, 1.165) is 59.9 Å². The minimum atomic E-state index is -0.0215. The number of fused-ring (bicyclic) bond motifs is 3. The Morgan fingerprint density at radius 2 is 1.11 bits per heavy atom. The van der Waals surface area contributed by atoms with Crippen LogP contribution in [0.1, 0.15) is 88.0 Å². The van der Waals surface area contributed by atoms with Gasteiger partial charge in [0.05, 0.1) is 11.4 Å². The zero-order valence-electron chi connectivity index (χ0n) is 37.8. The summed E-state index contributed by atoms with van der Waals surface area (Å²) in [6.45, 7) is 28.3. The molecule has 8 heteroatoms. The van der Waals surface area contributed by atoms with Crippen LogP contribution in [-0.2, 0) is 30.9 Å². The molecule has 0 aliphatic carbocycles. The standard InChI is InChI=1S/C34H34N4.C20H24N3.Ir/c1-25-17-26(2)20-29(19-25)37-23-35(31-11-5-7-13-33(31)37)15-9-10-16-36-24-38(34-14-8-6-12-32(34)36)30-21-27(3)18-28(4)22-30;1-19(2,3)16-17(20(4,5)6)23-13-12-21-15(18(23)22-16)14-10-8-7-9-11-14;/h5-8,11-14,17-19,21,23-24H,9-10,15-16H2,1-4H3;7-10,12-13H,1-6H3;/q-4;-1;. The van der Waals surface area contributed by atoms with Crippen LogP contribution in [0.25, 0.3) is 16.9 Å². The summed E-state index contributed by atoms with van der Waals surface area (Å²) in [6.07, 6.45) is 6.06. The Hall–Kier alpha value is -5.43. The Kier molecular flexibility index (Phi) is 13.0. The number of unbranched alkanes of at least 4 members (excludes halogenated alkanes) is 1. The quantitative estimate of drug-likeness (QED) is 0.112. The van der Waals surface area contributed by atoms with Gasteiger partial charge in [-0.3, -0.25) is 4.98 Å². The Labute approximate surface area is 383 Å². The molecular weight excluding hydrogens is 939 g/mol. The summed E-state index contributed by atoms with van der Waals surface area (Å²) in [5, 5.41) is 0. The van der Waals surface area contributed by atoms with Gasteiger partial charge in [0.1, 0.15) is 5.65 Å². The number of aryl methyl sites for hydroxylation is 4. The van der Waals surface area contributed by atoms with Gasteiger partial charge in [-0.25, -0.2) is 4.98 Å². The molecule has 0 amide bonds. The molecular formula is C54H58IrN7-5. The van der Waals surface area contributed by atoms with Crippen LogP contribution in [0.2, 0.25) is 0 Å². The molecule has 0 spiro atoms. The van der Waals surface area contributed by atoms with Crippen LogP contribution in [-0.4, -0.2) is 27.5 Å². The van der Waals surface area contributed by atoms with Gasteiger partial charge < -0.3 is 24.0 Å². The summed E-state index contributed by atoms with van der Waals surface area (Å²) in [5.41, 5.74) is 17.1. The van der Waals surface area contributed by atoms with Crippen molar-refractivity contribution in [3.05, 3.63) is 175 Å². The van der Waals surface area contributed by atoms with Gasteiger partial charge in [0.25, 0.3) is 0 Å². The number of anilines is 6. The van der Waals surface area contributed by atoms with Gasteiger partial charge in [-0.05, 0) is 50.2 Å². The molecule has 9 rings (SSSR count). The van der Waals surface area contributed by atoms with E-state index in [-0.39, 0.29) is 30.9 Å². The number of hydrogen-bond acceptors (Lipinski definition) is 6. The molecule has 0 saturated heterocycles. The maximum absolute atomic E-state index is 5.01. The van der Waals surface area contributed by atoms with Crippen LogP contribution in [0.4, 0.5) is 34.1 Å². The van der Waals surface area contributed by atoms with Crippen molar-refractivity contribution in [3.8, 4) is 11.3 Å². The van der Waals surface area contributed by atoms with Crippen molar-refractivity contribution in [2.75, 3.05) is 32.7 Å². The topological polar surface area (TPSA) is 43.2 Å². The van der Waals surface area contributed by atoms with Crippen molar-refractivity contribution in [3.63, 3.8) is 0 Å². The first-order chi connectivity index (χ1) is 29.2. The van der Waals surface area contributed by atoms with Gasteiger partial charge in [-0.2, -0.15) is 59.9 Å². The second kappa shape index (κ2) is 18.1. The normalized spacial score (nSPS) is 13.5. The maximum atomic E-state index is 5.01. The van der Waals surface area contributed by atoms with Crippen molar-refractivity contribution in [2.24, 2.45) is 0 Å². The molecule has 323 valence electrons. The number of aromatic nitrogens is 3. The number of para-hydroxylation sites is 4. The average molecular weight is 997 g/mol. The average Bonchev–Trinajstić information content (AvgIpc) is 3.92. The fourth-order valence-corrected chi connectivity index (χ4v) is 8.61. The van der Waals surface area contributed by atoms with Crippen LogP contribution in [0.15, 0.2) is 109 Å². The fraction of sp³-hybridized carbons (Fsp3) is 0.296. The monoisotopic (exact) mass is 997 g/mol. The van der Waals surface area contributed by atoms with Crippen LogP contribution in [0.3, 0.4) is 0 Å². The third-order valence-electron chi connectivity index (χ3n) is 11.2. The van der Waals surface area contributed by atoms with Crippen molar-refractivity contribution < 1.29 is 20.1 Å². The molecule has 5 aromatic carbocycles. The van der Waals surface area contributed by atoms with E-state index in [4.69, 9.17) is 4.98 Å². The van der Waals surface area contributed by atoms with E-state index in [2.05, 4.69) is 203 Å². The van der Waals surface area contributed by atoms with E-state index in [1.54, 1.807) is 0 Å². The molecule has 62 heavy (non-hydrogen) atoms. The Morgan fingerprint density at radius 3 is 1.56 bits per heavy atom. The minimum Gasteiger partial charge on any atom is -0.501 e. The van der Waals surface area contributed by atoms with Gasteiger partial charge in [-0.15, -0.1) is 59.4 Å². The van der Waals surface area contributed by atoms with E-state index < -0.39 is 0 Å². The largest absolute Gasteiger partial charge is 0.501 e. The molecule has 0 atom stereocenters. The fourth-order valence-electron chi connectivity index (χ4n) is 8.61. The van der Waals surface area contributed by atoms with E-state index in [9.17, 15) is 0 Å². The first kappa shape index (κ1) is 44.6. The second-order valence-corrected chi connectivity index (χ2v) is 18.5. The van der Waals surface area contributed by atoms with Crippen molar-refractivity contribution in [1.29, 1.82) is 0 Å². The summed E-state index contributed by atoms with van der Waals surface area (Å²) >= 11 is 0. The van der Waals surface area contributed by atoms with Gasteiger partial charge >= 0.3 is 0 Å². The molecule has 0 fully saturated rings. The summed E-state index contributed by atoms with van der Waals surface area (Å²) in [6, 6.07) is 44.4. The van der Waals surface area contributed by atoms with Crippen LogP contribution < -0.4 is 19.6 Å². The Morgan fingerprint density at radius 1 is 0.613 bits per heavy atom. The third-order valence-corrected chi connectivity index (χ3v) is 11.2. The zero-order chi connectivity index (χ0) is 43.1. The smallest absolute Gasteiger partial charge is 0.120 e. The van der Waals surface area contributed by atoms with E-state index >= 15 is 0 Å². The Balaban J connectivity index is 0.000000207.